The highest BCUT2D eigenvalue weighted by molar-refractivity contribution is 6.42. The second-order valence-electron chi connectivity index (χ2n) is 7.40. The first-order valence-electron chi connectivity index (χ1n) is 9.63. The highest BCUT2D eigenvalue weighted by Gasteiger charge is 2.26. The molecule has 2 atom stereocenters. The van der Waals surface area contributed by atoms with Gasteiger partial charge in [-0.2, -0.15) is 0 Å². The molecule has 1 aliphatic carbocycles. The standard InChI is InChI=1S/C22H23Cl2N3O/c23-17-9-8-14(10-18(17)24)12-25-19-7-3-4-15(19)13-26-22-11-21(28)16-5-1-2-6-20(16)27-22/h1-2,5-6,8-11,15,19,25H,3-4,7,12-13H2,(H2,26,27,28)/t15-,19+/m1/s1. The van der Waals surface area contributed by atoms with Crippen molar-refractivity contribution in [3.63, 3.8) is 0 Å². The first-order valence-corrected chi connectivity index (χ1v) is 10.4. The van der Waals surface area contributed by atoms with E-state index in [2.05, 4.69) is 15.6 Å². The smallest absolute Gasteiger partial charge is 0.191 e. The average Bonchev–Trinajstić information content (AvgIpc) is 3.15. The van der Waals surface area contributed by atoms with E-state index in [0.29, 0.717) is 22.0 Å². The van der Waals surface area contributed by atoms with Gasteiger partial charge in [0.25, 0.3) is 0 Å². The van der Waals surface area contributed by atoms with E-state index in [-0.39, 0.29) is 5.43 Å². The second-order valence-corrected chi connectivity index (χ2v) is 8.21. The lowest BCUT2D eigenvalue weighted by Gasteiger charge is -2.22. The first kappa shape index (κ1) is 19.3. The maximum Gasteiger partial charge on any atom is 0.191 e. The predicted molar refractivity (Wildman–Crippen MR) is 117 cm³/mol. The lowest BCUT2D eigenvalue weighted by molar-refractivity contribution is 0.413. The van der Waals surface area contributed by atoms with Crippen LogP contribution in [0.4, 0.5) is 5.82 Å². The number of hydrogen-bond donors (Lipinski definition) is 3. The fraction of sp³-hybridized carbons (Fsp3) is 0.318. The van der Waals surface area contributed by atoms with E-state index in [1.165, 1.54) is 12.8 Å². The summed E-state index contributed by atoms with van der Waals surface area (Å²) < 4.78 is 0. The summed E-state index contributed by atoms with van der Waals surface area (Å²) in [7, 11) is 0. The lowest BCUT2D eigenvalue weighted by atomic mass is 10.0. The van der Waals surface area contributed by atoms with Gasteiger partial charge in [0.1, 0.15) is 5.82 Å². The van der Waals surface area contributed by atoms with E-state index < -0.39 is 0 Å². The Morgan fingerprint density at radius 3 is 2.75 bits per heavy atom. The topological polar surface area (TPSA) is 56.9 Å². The molecule has 2 aromatic carbocycles. The number of anilines is 1. The number of hydrogen-bond acceptors (Lipinski definition) is 3. The fourth-order valence-corrected chi connectivity index (χ4v) is 4.30. The van der Waals surface area contributed by atoms with Crippen LogP contribution < -0.4 is 16.1 Å². The van der Waals surface area contributed by atoms with Crippen molar-refractivity contribution < 1.29 is 0 Å². The second kappa shape index (κ2) is 8.56. The predicted octanol–water partition coefficient (Wildman–Crippen LogP) is 5.21. The third-order valence-electron chi connectivity index (χ3n) is 5.50. The molecule has 0 saturated heterocycles. The van der Waals surface area contributed by atoms with Gasteiger partial charge in [-0.15, -0.1) is 0 Å². The van der Waals surface area contributed by atoms with Crippen LogP contribution in [0.1, 0.15) is 24.8 Å². The van der Waals surface area contributed by atoms with E-state index in [9.17, 15) is 4.79 Å². The molecule has 0 aliphatic heterocycles. The number of pyridine rings is 1. The molecule has 1 aromatic heterocycles. The minimum Gasteiger partial charge on any atom is -0.371 e. The van der Waals surface area contributed by atoms with Gasteiger partial charge in [-0.3, -0.25) is 4.79 Å². The number of aromatic nitrogens is 1. The molecule has 0 bridgehead atoms. The SMILES string of the molecule is O=c1cc(NC[C@H]2CCC[C@@H]2NCc2ccc(Cl)c(Cl)c2)[nH]c2ccccc12. The fourth-order valence-electron chi connectivity index (χ4n) is 3.98. The maximum absolute atomic E-state index is 12.3. The van der Waals surface area contributed by atoms with Crippen LogP contribution in [0.25, 0.3) is 10.9 Å². The van der Waals surface area contributed by atoms with E-state index in [1.807, 2.05) is 42.5 Å². The number of aromatic amines is 1. The molecule has 1 saturated carbocycles. The molecule has 0 unspecified atom stereocenters. The number of H-pyrrole nitrogens is 1. The first-order chi connectivity index (χ1) is 13.6. The van der Waals surface area contributed by atoms with Crippen molar-refractivity contribution in [2.24, 2.45) is 5.92 Å². The molecule has 28 heavy (non-hydrogen) atoms. The Morgan fingerprint density at radius 1 is 1.04 bits per heavy atom. The lowest BCUT2D eigenvalue weighted by Crippen LogP contribution is -2.35. The molecule has 6 heteroatoms. The summed E-state index contributed by atoms with van der Waals surface area (Å²) in [5.41, 5.74) is 2.03. The Balaban J connectivity index is 1.37. The van der Waals surface area contributed by atoms with Crippen LogP contribution in [0.3, 0.4) is 0 Å². The zero-order valence-corrected chi connectivity index (χ0v) is 17.0. The van der Waals surface area contributed by atoms with Gasteiger partial charge in [0.15, 0.2) is 5.43 Å². The van der Waals surface area contributed by atoms with Crippen molar-refractivity contribution in [3.05, 3.63) is 74.4 Å². The van der Waals surface area contributed by atoms with Gasteiger partial charge >= 0.3 is 0 Å². The Bertz CT molecular complexity index is 1030. The summed E-state index contributed by atoms with van der Waals surface area (Å²) in [6, 6.07) is 15.4. The number of para-hydroxylation sites is 1. The van der Waals surface area contributed by atoms with Gasteiger partial charge in [-0.05, 0) is 48.6 Å². The molecular weight excluding hydrogens is 393 g/mol. The van der Waals surface area contributed by atoms with Gasteiger partial charge in [0.05, 0.1) is 15.6 Å². The number of fused-ring (bicyclic) bond motifs is 1. The molecule has 0 spiro atoms. The normalized spacial score (nSPS) is 19.2. The minimum atomic E-state index is 0.0394. The molecule has 1 aliphatic rings. The molecule has 146 valence electrons. The number of benzene rings is 2. The van der Waals surface area contributed by atoms with Crippen LogP contribution in [0, 0.1) is 5.92 Å². The van der Waals surface area contributed by atoms with Crippen molar-refractivity contribution in [1.29, 1.82) is 0 Å². The van der Waals surface area contributed by atoms with Gasteiger partial charge in [0.2, 0.25) is 0 Å². The summed E-state index contributed by atoms with van der Waals surface area (Å²) >= 11 is 12.1. The van der Waals surface area contributed by atoms with Gasteiger partial charge in [-0.1, -0.05) is 47.8 Å². The Kier molecular flexibility index (Phi) is 5.90. The highest BCUT2D eigenvalue weighted by Crippen LogP contribution is 2.27. The molecule has 3 N–H and O–H groups in total. The van der Waals surface area contributed by atoms with Gasteiger partial charge in [-0.25, -0.2) is 0 Å². The number of halogens is 2. The molecule has 3 aromatic rings. The monoisotopic (exact) mass is 415 g/mol. The maximum atomic E-state index is 12.3. The third-order valence-corrected chi connectivity index (χ3v) is 6.24. The number of rotatable bonds is 6. The van der Waals surface area contributed by atoms with E-state index in [0.717, 1.165) is 41.8 Å². The molecular formula is C22H23Cl2N3O. The van der Waals surface area contributed by atoms with Crippen LogP contribution in [-0.4, -0.2) is 17.6 Å². The summed E-state index contributed by atoms with van der Waals surface area (Å²) in [6.07, 6.45) is 3.53. The Labute approximate surface area is 174 Å². The largest absolute Gasteiger partial charge is 0.371 e. The van der Waals surface area contributed by atoms with Crippen LogP contribution in [0.2, 0.25) is 10.0 Å². The van der Waals surface area contributed by atoms with E-state index in [4.69, 9.17) is 23.2 Å². The minimum absolute atomic E-state index is 0.0394. The van der Waals surface area contributed by atoms with Gasteiger partial charge < -0.3 is 15.6 Å². The van der Waals surface area contributed by atoms with Crippen molar-refractivity contribution in [2.45, 2.75) is 31.8 Å². The third kappa shape index (κ3) is 4.35. The number of nitrogens with one attached hydrogen (secondary N) is 3. The zero-order valence-electron chi connectivity index (χ0n) is 15.5. The summed E-state index contributed by atoms with van der Waals surface area (Å²) in [4.78, 5) is 15.6. The van der Waals surface area contributed by atoms with Crippen LogP contribution >= 0.6 is 23.2 Å². The summed E-state index contributed by atoms with van der Waals surface area (Å²) in [6.45, 7) is 1.60. The van der Waals surface area contributed by atoms with E-state index >= 15 is 0 Å². The molecule has 0 radical (unpaired) electrons. The average molecular weight is 416 g/mol. The van der Waals surface area contributed by atoms with Crippen LogP contribution in [-0.2, 0) is 6.54 Å². The quantitative estimate of drug-likeness (QED) is 0.517. The molecule has 4 rings (SSSR count). The molecule has 4 nitrogen and oxygen atoms in total. The van der Waals surface area contributed by atoms with Crippen molar-refractivity contribution in [2.75, 3.05) is 11.9 Å². The molecule has 1 fully saturated rings. The van der Waals surface area contributed by atoms with Crippen molar-refractivity contribution in [3.8, 4) is 0 Å². The summed E-state index contributed by atoms with van der Waals surface area (Å²) in [5, 5.41) is 8.98. The molecule has 0 amide bonds. The van der Waals surface area contributed by atoms with Crippen LogP contribution in [0.15, 0.2) is 53.3 Å². The molecule has 1 heterocycles. The highest BCUT2D eigenvalue weighted by atomic mass is 35.5. The Hall–Kier alpha value is -2.01. The van der Waals surface area contributed by atoms with E-state index in [1.54, 1.807) is 6.07 Å². The van der Waals surface area contributed by atoms with Gasteiger partial charge in [0, 0.05) is 30.6 Å². The van der Waals surface area contributed by atoms with Crippen LogP contribution in [0.5, 0.6) is 0 Å². The van der Waals surface area contributed by atoms with Crippen molar-refractivity contribution >= 4 is 39.9 Å². The van der Waals surface area contributed by atoms with Crippen molar-refractivity contribution in [1.82, 2.24) is 10.3 Å². The summed E-state index contributed by atoms with van der Waals surface area (Å²) in [5.74, 6) is 1.29. The zero-order chi connectivity index (χ0) is 19.5. The Morgan fingerprint density at radius 2 is 1.89 bits per heavy atom.